The topological polar surface area (TPSA) is 47.6 Å². The molecule has 1 aromatic rings. The number of hydrogen-bond donors (Lipinski definition) is 1. The smallest absolute Gasteiger partial charge is 0.220 e. The molecule has 0 radical (unpaired) electrons. The molecule has 2 aliphatic rings. The molecule has 4 nitrogen and oxygen atoms in total. The number of amides is 1. The molecule has 0 atom stereocenters. The summed E-state index contributed by atoms with van der Waals surface area (Å²) in [6.45, 7) is 2.61. The monoisotopic (exact) mass is 327 g/mol. The van der Waals surface area contributed by atoms with Gasteiger partial charge in [-0.05, 0) is 54.5 Å². The fourth-order valence-electron chi connectivity index (χ4n) is 3.66. The first-order valence-corrected chi connectivity index (χ1v) is 8.61. The van der Waals surface area contributed by atoms with Crippen LogP contribution in [0.5, 0.6) is 5.75 Å². The van der Waals surface area contributed by atoms with E-state index in [9.17, 15) is 4.79 Å². The van der Waals surface area contributed by atoms with Gasteiger partial charge in [-0.1, -0.05) is 13.0 Å². The Morgan fingerprint density at radius 3 is 2.75 bits per heavy atom. The van der Waals surface area contributed by atoms with Crippen LogP contribution in [0.15, 0.2) is 29.5 Å². The minimum atomic E-state index is 0.112. The van der Waals surface area contributed by atoms with Crippen molar-refractivity contribution < 1.29 is 14.3 Å². The van der Waals surface area contributed by atoms with Crippen molar-refractivity contribution >= 4 is 11.5 Å². The van der Waals surface area contributed by atoms with Crippen LogP contribution < -0.4 is 10.1 Å². The van der Waals surface area contributed by atoms with E-state index in [4.69, 9.17) is 9.47 Å². The Labute approximate surface area is 143 Å². The third kappa shape index (κ3) is 2.93. The average Bonchev–Trinajstić information content (AvgIpc) is 2.61. The lowest BCUT2D eigenvalue weighted by Gasteiger charge is -2.30. The standard InChI is InChI=1S/C20H25NO3/c1-4-5-18(22)21-12-14-6-9-15-16(23-2)10-7-13-8-11-17(24-3)20(14)19(13)15/h7,10-11H,4-6,8-9,12H2,1-3H3,(H,21,22). The number of carbonyl (C=O) groups is 1. The van der Waals surface area contributed by atoms with Crippen molar-refractivity contribution in [3.8, 4) is 5.75 Å². The van der Waals surface area contributed by atoms with Gasteiger partial charge in [-0.25, -0.2) is 0 Å². The van der Waals surface area contributed by atoms with E-state index >= 15 is 0 Å². The molecule has 0 aromatic heterocycles. The highest BCUT2D eigenvalue weighted by atomic mass is 16.5. The summed E-state index contributed by atoms with van der Waals surface area (Å²) in [6, 6.07) is 4.20. The van der Waals surface area contributed by atoms with Crippen LogP contribution in [-0.2, 0) is 22.4 Å². The quantitative estimate of drug-likeness (QED) is 0.871. The van der Waals surface area contributed by atoms with Crippen LogP contribution in [0.3, 0.4) is 0 Å². The van der Waals surface area contributed by atoms with Gasteiger partial charge in [0.05, 0.1) is 14.2 Å². The Morgan fingerprint density at radius 2 is 2.04 bits per heavy atom. The second-order valence-electron chi connectivity index (χ2n) is 6.26. The number of ether oxygens (including phenoxy) is 2. The van der Waals surface area contributed by atoms with Crippen molar-refractivity contribution in [2.75, 3.05) is 20.8 Å². The maximum atomic E-state index is 11.9. The zero-order valence-corrected chi connectivity index (χ0v) is 14.7. The number of benzene rings is 1. The molecule has 24 heavy (non-hydrogen) atoms. The van der Waals surface area contributed by atoms with E-state index in [0.717, 1.165) is 42.8 Å². The molecular formula is C20H25NO3. The van der Waals surface area contributed by atoms with Gasteiger partial charge in [-0.2, -0.15) is 0 Å². The Balaban J connectivity index is 2.02. The molecule has 0 unspecified atom stereocenters. The fourth-order valence-corrected chi connectivity index (χ4v) is 3.66. The van der Waals surface area contributed by atoms with Gasteiger partial charge in [0.1, 0.15) is 11.5 Å². The summed E-state index contributed by atoms with van der Waals surface area (Å²) >= 11 is 0. The van der Waals surface area contributed by atoms with E-state index in [1.54, 1.807) is 14.2 Å². The van der Waals surface area contributed by atoms with Gasteiger partial charge >= 0.3 is 0 Å². The van der Waals surface area contributed by atoms with Crippen molar-refractivity contribution in [1.29, 1.82) is 0 Å². The van der Waals surface area contributed by atoms with Crippen LogP contribution in [0, 0.1) is 0 Å². The summed E-state index contributed by atoms with van der Waals surface area (Å²) in [4.78, 5) is 11.9. The lowest BCUT2D eigenvalue weighted by Crippen LogP contribution is -2.27. The molecule has 1 amide bonds. The first kappa shape index (κ1) is 16.6. The third-order valence-corrected chi connectivity index (χ3v) is 4.81. The minimum absolute atomic E-state index is 0.112. The molecule has 0 heterocycles. The molecule has 4 heteroatoms. The second-order valence-corrected chi connectivity index (χ2v) is 6.26. The number of hydrogen-bond acceptors (Lipinski definition) is 3. The summed E-state index contributed by atoms with van der Waals surface area (Å²) in [6.07, 6.45) is 6.29. The number of nitrogens with one attached hydrogen (secondary N) is 1. The van der Waals surface area contributed by atoms with Gasteiger partial charge in [0.2, 0.25) is 5.91 Å². The van der Waals surface area contributed by atoms with Gasteiger partial charge in [0.25, 0.3) is 0 Å². The normalized spacial score (nSPS) is 15.5. The predicted molar refractivity (Wildman–Crippen MR) is 94.9 cm³/mol. The van der Waals surface area contributed by atoms with Crippen molar-refractivity contribution in [3.63, 3.8) is 0 Å². The van der Waals surface area contributed by atoms with Gasteiger partial charge in [-0.15, -0.1) is 0 Å². The molecule has 0 saturated heterocycles. The third-order valence-electron chi connectivity index (χ3n) is 4.81. The highest BCUT2D eigenvalue weighted by Gasteiger charge is 2.29. The molecule has 1 N–H and O–H groups in total. The van der Waals surface area contributed by atoms with E-state index in [2.05, 4.69) is 23.5 Å². The predicted octanol–water partition coefficient (Wildman–Crippen LogP) is 3.40. The molecule has 0 aliphatic heterocycles. The van der Waals surface area contributed by atoms with Crippen LogP contribution >= 0.6 is 0 Å². The highest BCUT2D eigenvalue weighted by Crippen LogP contribution is 2.44. The first-order chi connectivity index (χ1) is 11.7. The van der Waals surface area contributed by atoms with E-state index in [1.165, 1.54) is 22.3 Å². The Kier molecular flexibility index (Phi) is 4.93. The van der Waals surface area contributed by atoms with Crippen molar-refractivity contribution in [2.24, 2.45) is 0 Å². The molecule has 0 fully saturated rings. The van der Waals surface area contributed by atoms with E-state index in [-0.39, 0.29) is 5.91 Å². The summed E-state index contributed by atoms with van der Waals surface area (Å²) in [5, 5.41) is 3.05. The second kappa shape index (κ2) is 7.12. The number of rotatable bonds is 6. The van der Waals surface area contributed by atoms with Crippen LogP contribution in [0.4, 0.5) is 0 Å². The molecule has 0 bridgehead atoms. The maximum Gasteiger partial charge on any atom is 0.220 e. The van der Waals surface area contributed by atoms with E-state index < -0.39 is 0 Å². The Morgan fingerprint density at radius 1 is 1.21 bits per heavy atom. The van der Waals surface area contributed by atoms with Crippen LogP contribution in [-0.4, -0.2) is 26.7 Å². The average molecular weight is 327 g/mol. The highest BCUT2D eigenvalue weighted by molar-refractivity contribution is 5.88. The minimum Gasteiger partial charge on any atom is -0.496 e. The maximum absolute atomic E-state index is 11.9. The van der Waals surface area contributed by atoms with Crippen LogP contribution in [0.1, 0.15) is 42.9 Å². The summed E-state index contributed by atoms with van der Waals surface area (Å²) < 4.78 is 11.2. The SMILES string of the molecule is CCCC(=O)NCC1=C2C(OC)=CCc3ccc(OC)c(c32)CC1. The summed E-state index contributed by atoms with van der Waals surface area (Å²) in [5.41, 5.74) is 6.21. The molecule has 0 spiro atoms. The summed E-state index contributed by atoms with van der Waals surface area (Å²) in [5.74, 6) is 1.97. The zero-order chi connectivity index (χ0) is 17.1. The number of carbonyl (C=O) groups excluding carboxylic acids is 1. The van der Waals surface area contributed by atoms with Crippen molar-refractivity contribution in [3.05, 3.63) is 46.2 Å². The fraction of sp³-hybridized carbons (Fsp3) is 0.450. The largest absolute Gasteiger partial charge is 0.496 e. The van der Waals surface area contributed by atoms with Crippen molar-refractivity contribution in [2.45, 2.75) is 39.0 Å². The zero-order valence-electron chi connectivity index (χ0n) is 14.7. The van der Waals surface area contributed by atoms with Gasteiger partial charge in [-0.3, -0.25) is 4.79 Å². The molecule has 0 saturated carbocycles. The van der Waals surface area contributed by atoms with Crippen LogP contribution in [0.25, 0.3) is 5.57 Å². The van der Waals surface area contributed by atoms with Crippen LogP contribution in [0.2, 0.25) is 0 Å². The molecule has 3 rings (SSSR count). The summed E-state index contributed by atoms with van der Waals surface area (Å²) in [7, 11) is 3.43. The van der Waals surface area contributed by atoms with Gasteiger partial charge in [0, 0.05) is 24.1 Å². The van der Waals surface area contributed by atoms with E-state index in [1.807, 2.05) is 6.92 Å². The molecule has 2 aliphatic carbocycles. The van der Waals surface area contributed by atoms with Gasteiger partial charge < -0.3 is 14.8 Å². The molecule has 1 aromatic carbocycles. The molecule has 128 valence electrons. The molecular weight excluding hydrogens is 302 g/mol. The lowest BCUT2D eigenvalue weighted by atomic mass is 9.78. The Bertz CT molecular complexity index is 716. The Hall–Kier alpha value is -2.23. The van der Waals surface area contributed by atoms with Crippen molar-refractivity contribution in [1.82, 2.24) is 5.32 Å². The lowest BCUT2D eigenvalue weighted by molar-refractivity contribution is -0.120. The number of methoxy groups -OCH3 is 2. The number of allylic oxidation sites excluding steroid dienone is 2. The van der Waals surface area contributed by atoms with Gasteiger partial charge in [0.15, 0.2) is 0 Å². The first-order valence-electron chi connectivity index (χ1n) is 8.61. The van der Waals surface area contributed by atoms with E-state index in [0.29, 0.717) is 13.0 Å².